The molecule has 0 unspecified atom stereocenters. The molecule has 5 nitrogen and oxygen atoms in total. The quantitative estimate of drug-likeness (QED) is 0.524. The molecule has 2 aromatic carbocycles. The first-order valence-corrected chi connectivity index (χ1v) is 12.2. The van der Waals surface area contributed by atoms with Crippen molar-refractivity contribution >= 4 is 32.6 Å². The zero-order valence-corrected chi connectivity index (χ0v) is 18.2. The van der Waals surface area contributed by atoms with Gasteiger partial charge in [0.1, 0.15) is 0 Å². The predicted octanol–water partition coefficient (Wildman–Crippen LogP) is 2.31. The Morgan fingerprint density at radius 1 is 0.769 bits per heavy atom. The normalized spacial score (nSPS) is 10.5. The fraction of sp³-hybridized carbons (Fsp3) is 0.350. The second kappa shape index (κ2) is 9.70. The van der Waals surface area contributed by atoms with Gasteiger partial charge < -0.3 is 0 Å². The number of rotatable bonds is 9. The van der Waals surface area contributed by atoms with Gasteiger partial charge in [-0.25, -0.2) is 0 Å². The fourth-order valence-corrected chi connectivity index (χ4v) is 10.0. The Morgan fingerprint density at radius 3 is 1.38 bits per heavy atom. The molecular formula is C20H25O5Te+. The number of carbonyl (C=O) groups is 1. The van der Waals surface area contributed by atoms with Gasteiger partial charge in [0.25, 0.3) is 0 Å². The van der Waals surface area contributed by atoms with E-state index in [1.165, 1.54) is 0 Å². The van der Waals surface area contributed by atoms with Crippen LogP contribution in [0.2, 0.25) is 4.47 Å². The number of ether oxygens (including phenoxy) is 4. The summed E-state index contributed by atoms with van der Waals surface area (Å²) < 4.78 is 24.9. The van der Waals surface area contributed by atoms with Crippen molar-refractivity contribution in [2.45, 2.75) is 17.8 Å². The van der Waals surface area contributed by atoms with Gasteiger partial charge in [0.15, 0.2) is 0 Å². The standard InChI is InChI=1S/C20H25O5Te/c1-6-14(21)13-26(19-15(22-2)9-7-10-16(19)23-3)20-17(24-4)11-8-12-18(20)25-5/h7-12H,6,13H2,1-5H3/q+1. The Bertz CT molecular complexity index is 660. The third-order valence-corrected chi connectivity index (χ3v) is 10.8. The van der Waals surface area contributed by atoms with E-state index < -0.39 is 19.6 Å². The van der Waals surface area contributed by atoms with Gasteiger partial charge in [-0.15, -0.1) is 0 Å². The second-order valence-electron chi connectivity index (χ2n) is 5.41. The topological polar surface area (TPSA) is 54.0 Å². The van der Waals surface area contributed by atoms with Gasteiger partial charge in [-0.05, 0) is 0 Å². The molecule has 2 rings (SSSR count). The van der Waals surface area contributed by atoms with Crippen molar-refractivity contribution in [3.05, 3.63) is 36.4 Å². The number of benzene rings is 2. The van der Waals surface area contributed by atoms with Gasteiger partial charge in [0, 0.05) is 0 Å². The molecule has 0 heterocycles. The van der Waals surface area contributed by atoms with Crippen LogP contribution in [-0.4, -0.2) is 53.8 Å². The molecule has 0 fully saturated rings. The van der Waals surface area contributed by atoms with Gasteiger partial charge in [-0.3, -0.25) is 0 Å². The minimum atomic E-state index is -2.50. The average molecular weight is 473 g/mol. The zero-order valence-electron chi connectivity index (χ0n) is 15.8. The van der Waals surface area contributed by atoms with Gasteiger partial charge in [0.05, 0.1) is 0 Å². The molecule has 0 amide bonds. The molecule has 2 aromatic rings. The van der Waals surface area contributed by atoms with Crippen LogP contribution in [-0.2, 0) is 4.79 Å². The summed E-state index contributed by atoms with van der Waals surface area (Å²) in [5.74, 6) is 3.15. The van der Waals surface area contributed by atoms with Crippen molar-refractivity contribution in [2.75, 3.05) is 28.4 Å². The molecule has 0 atom stereocenters. The number of hydrogen-bond acceptors (Lipinski definition) is 5. The summed E-state index contributed by atoms with van der Waals surface area (Å²) in [4.78, 5) is 12.4. The molecular weight excluding hydrogens is 448 g/mol. The first kappa shape index (κ1) is 20.4. The van der Waals surface area contributed by atoms with Crippen LogP contribution in [0.3, 0.4) is 0 Å². The van der Waals surface area contributed by atoms with Crippen molar-refractivity contribution in [3.8, 4) is 23.0 Å². The second-order valence-corrected chi connectivity index (χ2v) is 10.8. The molecule has 0 aliphatic heterocycles. The molecule has 0 radical (unpaired) electrons. The molecule has 0 aliphatic carbocycles. The maximum atomic E-state index is 12.4. The van der Waals surface area contributed by atoms with Crippen molar-refractivity contribution in [1.82, 2.24) is 0 Å². The van der Waals surface area contributed by atoms with Crippen LogP contribution in [0.1, 0.15) is 13.3 Å². The van der Waals surface area contributed by atoms with Crippen LogP contribution in [0.15, 0.2) is 36.4 Å². The molecule has 26 heavy (non-hydrogen) atoms. The SMILES string of the molecule is CCC(=O)C[Te+](c1c(OC)cccc1OC)c1c(OC)cccc1OC. The molecule has 6 heteroatoms. The van der Waals surface area contributed by atoms with Crippen molar-refractivity contribution < 1.29 is 23.7 Å². The summed E-state index contributed by atoms with van der Waals surface area (Å²) in [6.45, 7) is 1.89. The monoisotopic (exact) mass is 475 g/mol. The van der Waals surface area contributed by atoms with Crippen LogP contribution in [0.4, 0.5) is 0 Å². The summed E-state index contributed by atoms with van der Waals surface area (Å²) in [5, 5.41) is 0. The molecule has 0 saturated heterocycles. The summed E-state index contributed by atoms with van der Waals surface area (Å²) in [5.41, 5.74) is 0. The first-order chi connectivity index (χ1) is 12.6. The van der Waals surface area contributed by atoms with Crippen molar-refractivity contribution in [2.24, 2.45) is 0 Å². The van der Waals surface area contributed by atoms with Crippen LogP contribution in [0.25, 0.3) is 0 Å². The molecule has 0 aliphatic rings. The van der Waals surface area contributed by atoms with E-state index in [1.54, 1.807) is 28.4 Å². The molecule has 140 valence electrons. The summed E-state index contributed by atoms with van der Waals surface area (Å²) in [7, 11) is 6.54. The number of ketones is 1. The molecule has 0 N–H and O–H groups in total. The van der Waals surface area contributed by atoms with Crippen LogP contribution < -0.4 is 26.2 Å². The van der Waals surface area contributed by atoms with E-state index >= 15 is 0 Å². The van der Waals surface area contributed by atoms with E-state index in [1.807, 2.05) is 43.3 Å². The van der Waals surface area contributed by atoms with Crippen LogP contribution >= 0.6 is 0 Å². The van der Waals surface area contributed by atoms with Gasteiger partial charge >= 0.3 is 162 Å². The Morgan fingerprint density at radius 2 is 1.12 bits per heavy atom. The van der Waals surface area contributed by atoms with E-state index in [9.17, 15) is 4.79 Å². The zero-order chi connectivity index (χ0) is 19.1. The molecule has 0 spiro atoms. The van der Waals surface area contributed by atoms with E-state index in [0.29, 0.717) is 10.9 Å². The maximum absolute atomic E-state index is 12.4. The van der Waals surface area contributed by atoms with Gasteiger partial charge in [-0.2, -0.15) is 0 Å². The third-order valence-electron chi connectivity index (χ3n) is 3.96. The Kier molecular flexibility index (Phi) is 7.62. The van der Waals surface area contributed by atoms with Crippen LogP contribution in [0, 0.1) is 0 Å². The Labute approximate surface area is 161 Å². The van der Waals surface area contributed by atoms with E-state index in [2.05, 4.69) is 0 Å². The number of carbonyl (C=O) groups excluding carboxylic acids is 1. The third kappa shape index (κ3) is 4.25. The summed E-state index contributed by atoms with van der Waals surface area (Å²) in [6, 6.07) is 11.4. The van der Waals surface area contributed by atoms with E-state index in [-0.39, 0.29) is 5.78 Å². The minimum absolute atomic E-state index is 0.211. The van der Waals surface area contributed by atoms with Gasteiger partial charge in [0.2, 0.25) is 0 Å². The van der Waals surface area contributed by atoms with Gasteiger partial charge in [-0.1, -0.05) is 0 Å². The van der Waals surface area contributed by atoms with Crippen molar-refractivity contribution in [3.63, 3.8) is 0 Å². The number of hydrogen-bond donors (Lipinski definition) is 0. The molecule has 0 saturated carbocycles. The van der Waals surface area contributed by atoms with E-state index in [4.69, 9.17) is 18.9 Å². The molecule has 0 aromatic heterocycles. The Hall–Kier alpha value is -1.90. The molecule has 0 bridgehead atoms. The average Bonchev–Trinajstić information content (AvgIpc) is 2.70. The van der Waals surface area contributed by atoms with Crippen LogP contribution in [0.5, 0.6) is 23.0 Å². The number of methoxy groups -OCH3 is 4. The van der Waals surface area contributed by atoms with Crippen molar-refractivity contribution in [1.29, 1.82) is 0 Å². The first-order valence-electron chi connectivity index (χ1n) is 8.25. The number of Topliss-reactive ketones (excluding diaryl/α,β-unsaturated/α-hetero) is 1. The van der Waals surface area contributed by atoms with E-state index in [0.717, 1.165) is 30.2 Å². The summed E-state index contributed by atoms with van der Waals surface area (Å²) in [6.07, 6.45) is 0.492. The Balaban J connectivity index is 2.77. The predicted molar refractivity (Wildman–Crippen MR) is 104 cm³/mol. The fourth-order valence-electron chi connectivity index (χ4n) is 2.63. The summed E-state index contributed by atoms with van der Waals surface area (Å²) >= 11 is -2.50.